The number of benzene rings is 1. The number of unbranched alkanes of at least 4 members (excludes halogenated alkanes) is 1. The zero-order valence-electron chi connectivity index (χ0n) is 9.41. The van der Waals surface area contributed by atoms with E-state index >= 15 is 0 Å². The standard InChI is InChI=1S/C13H15FN2/c1-3-4-5-8-16(2)13-7-6-12(14)9-11(13)10-15/h3,6-7,9H,1,4-5,8H2,2H3. The molecule has 0 spiro atoms. The minimum Gasteiger partial charge on any atom is -0.374 e. The van der Waals surface area contributed by atoms with Crippen molar-refractivity contribution in [2.75, 3.05) is 18.5 Å². The van der Waals surface area contributed by atoms with Crippen molar-refractivity contribution in [3.05, 3.63) is 42.2 Å². The van der Waals surface area contributed by atoms with Crippen molar-refractivity contribution in [3.8, 4) is 6.07 Å². The molecule has 2 nitrogen and oxygen atoms in total. The summed E-state index contributed by atoms with van der Waals surface area (Å²) in [4.78, 5) is 1.96. The zero-order valence-corrected chi connectivity index (χ0v) is 9.41. The highest BCUT2D eigenvalue weighted by Gasteiger charge is 2.07. The number of hydrogen-bond acceptors (Lipinski definition) is 2. The lowest BCUT2D eigenvalue weighted by Gasteiger charge is -2.20. The van der Waals surface area contributed by atoms with E-state index in [1.165, 1.54) is 12.1 Å². The number of allylic oxidation sites excluding steroid dienone is 1. The molecule has 3 heteroatoms. The van der Waals surface area contributed by atoms with Gasteiger partial charge in [0.1, 0.15) is 11.9 Å². The van der Waals surface area contributed by atoms with E-state index in [-0.39, 0.29) is 5.82 Å². The van der Waals surface area contributed by atoms with Gasteiger partial charge in [0, 0.05) is 13.6 Å². The van der Waals surface area contributed by atoms with Crippen LogP contribution in [0.3, 0.4) is 0 Å². The average molecular weight is 218 g/mol. The summed E-state index contributed by atoms with van der Waals surface area (Å²) in [5.41, 5.74) is 1.15. The predicted molar refractivity (Wildman–Crippen MR) is 63.8 cm³/mol. The van der Waals surface area contributed by atoms with Gasteiger partial charge < -0.3 is 4.90 Å². The second-order valence-electron chi connectivity index (χ2n) is 3.63. The van der Waals surface area contributed by atoms with Crippen LogP contribution in [0, 0.1) is 17.1 Å². The molecule has 0 aliphatic heterocycles. The quantitative estimate of drug-likeness (QED) is 0.561. The van der Waals surface area contributed by atoms with Crippen LogP contribution in [0.4, 0.5) is 10.1 Å². The van der Waals surface area contributed by atoms with E-state index in [2.05, 4.69) is 6.58 Å². The summed E-state index contributed by atoms with van der Waals surface area (Å²) in [6.45, 7) is 4.48. The van der Waals surface area contributed by atoms with E-state index in [0.717, 1.165) is 25.1 Å². The topological polar surface area (TPSA) is 27.0 Å². The smallest absolute Gasteiger partial charge is 0.124 e. The van der Waals surface area contributed by atoms with Gasteiger partial charge in [-0.05, 0) is 31.0 Å². The van der Waals surface area contributed by atoms with Crippen LogP contribution in [0.2, 0.25) is 0 Å². The SMILES string of the molecule is C=CCCCN(C)c1ccc(F)cc1C#N. The fraction of sp³-hybridized carbons (Fsp3) is 0.308. The maximum atomic E-state index is 12.9. The van der Waals surface area contributed by atoms with E-state index < -0.39 is 0 Å². The first kappa shape index (κ1) is 12.3. The van der Waals surface area contributed by atoms with E-state index in [0.29, 0.717) is 5.56 Å². The van der Waals surface area contributed by atoms with Gasteiger partial charge in [0.25, 0.3) is 0 Å². The molecule has 1 rings (SSSR count). The molecule has 0 aromatic heterocycles. The first-order valence-corrected chi connectivity index (χ1v) is 5.20. The molecule has 0 saturated heterocycles. The molecule has 0 amide bonds. The van der Waals surface area contributed by atoms with Crippen molar-refractivity contribution in [1.82, 2.24) is 0 Å². The molecule has 0 fully saturated rings. The third kappa shape index (κ3) is 3.09. The Morgan fingerprint density at radius 3 is 2.94 bits per heavy atom. The monoisotopic (exact) mass is 218 g/mol. The highest BCUT2D eigenvalue weighted by atomic mass is 19.1. The maximum absolute atomic E-state index is 12.9. The minimum absolute atomic E-state index is 0.375. The summed E-state index contributed by atoms with van der Waals surface area (Å²) in [5, 5.41) is 8.90. The van der Waals surface area contributed by atoms with E-state index in [1.54, 1.807) is 6.07 Å². The minimum atomic E-state index is -0.375. The Bertz CT molecular complexity index is 407. The second-order valence-corrected chi connectivity index (χ2v) is 3.63. The summed E-state index contributed by atoms with van der Waals surface area (Å²) < 4.78 is 12.9. The van der Waals surface area contributed by atoms with Gasteiger partial charge in [0.05, 0.1) is 11.3 Å². The summed E-state index contributed by atoms with van der Waals surface area (Å²) in [5.74, 6) is -0.375. The number of hydrogen-bond donors (Lipinski definition) is 0. The van der Waals surface area contributed by atoms with Crippen LogP contribution in [0.15, 0.2) is 30.9 Å². The molecule has 0 heterocycles. The molecule has 84 valence electrons. The molecule has 0 saturated carbocycles. The van der Waals surface area contributed by atoms with E-state index in [4.69, 9.17) is 5.26 Å². The van der Waals surface area contributed by atoms with Crippen LogP contribution in [-0.4, -0.2) is 13.6 Å². The Kier molecular flexibility index (Phi) is 4.53. The van der Waals surface area contributed by atoms with Crippen LogP contribution < -0.4 is 4.90 Å². The molecule has 16 heavy (non-hydrogen) atoms. The number of halogens is 1. The van der Waals surface area contributed by atoms with Gasteiger partial charge in [-0.15, -0.1) is 6.58 Å². The molecule has 0 aliphatic rings. The van der Waals surface area contributed by atoms with Crippen LogP contribution in [0.25, 0.3) is 0 Å². The Morgan fingerprint density at radius 2 is 2.31 bits per heavy atom. The van der Waals surface area contributed by atoms with Crippen molar-refractivity contribution >= 4 is 5.69 Å². The van der Waals surface area contributed by atoms with Crippen molar-refractivity contribution in [1.29, 1.82) is 5.26 Å². The Morgan fingerprint density at radius 1 is 1.56 bits per heavy atom. The van der Waals surface area contributed by atoms with Gasteiger partial charge in [-0.2, -0.15) is 5.26 Å². The Hall–Kier alpha value is -1.82. The molecule has 1 aromatic carbocycles. The van der Waals surface area contributed by atoms with Gasteiger partial charge in [-0.1, -0.05) is 6.08 Å². The summed E-state index contributed by atoms with van der Waals surface area (Å²) >= 11 is 0. The Labute approximate surface area is 95.6 Å². The molecular weight excluding hydrogens is 203 g/mol. The van der Waals surface area contributed by atoms with Gasteiger partial charge >= 0.3 is 0 Å². The molecule has 0 radical (unpaired) electrons. The van der Waals surface area contributed by atoms with Gasteiger partial charge in [0.2, 0.25) is 0 Å². The summed E-state index contributed by atoms with van der Waals surface area (Å²) in [6, 6.07) is 6.28. The first-order chi connectivity index (χ1) is 7.69. The third-order valence-corrected chi connectivity index (χ3v) is 2.39. The number of nitriles is 1. The lowest BCUT2D eigenvalue weighted by Crippen LogP contribution is -2.19. The lowest BCUT2D eigenvalue weighted by atomic mass is 10.1. The summed E-state index contributed by atoms with van der Waals surface area (Å²) in [7, 11) is 1.90. The number of rotatable bonds is 5. The van der Waals surface area contributed by atoms with E-state index in [9.17, 15) is 4.39 Å². The van der Waals surface area contributed by atoms with Crippen molar-refractivity contribution in [2.24, 2.45) is 0 Å². The molecule has 0 unspecified atom stereocenters. The van der Waals surface area contributed by atoms with Gasteiger partial charge in [-0.3, -0.25) is 0 Å². The fourth-order valence-electron chi connectivity index (χ4n) is 1.52. The third-order valence-electron chi connectivity index (χ3n) is 2.39. The second kappa shape index (κ2) is 5.92. The molecule has 0 atom stereocenters. The summed E-state index contributed by atoms with van der Waals surface area (Å²) in [6.07, 6.45) is 3.78. The largest absolute Gasteiger partial charge is 0.374 e. The van der Waals surface area contributed by atoms with Crippen molar-refractivity contribution in [2.45, 2.75) is 12.8 Å². The van der Waals surface area contributed by atoms with Gasteiger partial charge in [-0.25, -0.2) is 4.39 Å². The molecule has 0 N–H and O–H groups in total. The Balaban J connectivity index is 2.78. The average Bonchev–Trinajstić information content (AvgIpc) is 2.29. The normalized spacial score (nSPS) is 9.56. The molecular formula is C13H15FN2. The zero-order chi connectivity index (χ0) is 12.0. The first-order valence-electron chi connectivity index (χ1n) is 5.20. The maximum Gasteiger partial charge on any atom is 0.124 e. The van der Waals surface area contributed by atoms with Crippen LogP contribution in [-0.2, 0) is 0 Å². The lowest BCUT2D eigenvalue weighted by molar-refractivity contribution is 0.627. The predicted octanol–water partition coefficient (Wildman–Crippen LogP) is 3.10. The molecule has 1 aromatic rings. The number of anilines is 1. The van der Waals surface area contributed by atoms with Crippen LogP contribution in [0.1, 0.15) is 18.4 Å². The van der Waals surface area contributed by atoms with Crippen LogP contribution in [0.5, 0.6) is 0 Å². The highest BCUT2D eigenvalue weighted by molar-refractivity contribution is 5.58. The highest BCUT2D eigenvalue weighted by Crippen LogP contribution is 2.20. The van der Waals surface area contributed by atoms with Crippen molar-refractivity contribution in [3.63, 3.8) is 0 Å². The van der Waals surface area contributed by atoms with Crippen molar-refractivity contribution < 1.29 is 4.39 Å². The fourth-order valence-corrected chi connectivity index (χ4v) is 1.52. The van der Waals surface area contributed by atoms with E-state index in [1.807, 2.05) is 24.1 Å². The van der Waals surface area contributed by atoms with Crippen LogP contribution >= 0.6 is 0 Å². The molecule has 0 aliphatic carbocycles. The molecule has 0 bridgehead atoms. The van der Waals surface area contributed by atoms with Gasteiger partial charge in [0.15, 0.2) is 0 Å². The number of nitrogens with zero attached hydrogens (tertiary/aromatic N) is 2.